The number of carboxylic acids is 1. The number of nitrogens with zero attached hydrogens (tertiary/aromatic N) is 2. The predicted molar refractivity (Wildman–Crippen MR) is 94.9 cm³/mol. The topological polar surface area (TPSA) is 74.0 Å². The van der Waals surface area contributed by atoms with Gasteiger partial charge in [0.1, 0.15) is 16.3 Å². The molecule has 1 aromatic carbocycles. The van der Waals surface area contributed by atoms with Crippen LogP contribution in [0, 0.1) is 11.3 Å². The summed E-state index contributed by atoms with van der Waals surface area (Å²) < 4.78 is 0. The Morgan fingerprint density at radius 3 is 2.62 bits per heavy atom. The number of benzene rings is 1. The molecule has 3 aromatic rings. The van der Waals surface area contributed by atoms with E-state index in [2.05, 4.69) is 11.1 Å². The van der Waals surface area contributed by atoms with Gasteiger partial charge in [0.25, 0.3) is 0 Å². The maximum Gasteiger partial charge on any atom is 0.321 e. The number of thiophene rings is 1. The minimum Gasteiger partial charge on any atom is -0.480 e. The molecule has 0 aliphatic rings. The van der Waals surface area contributed by atoms with Gasteiger partial charge in [-0.2, -0.15) is 16.6 Å². The summed E-state index contributed by atoms with van der Waals surface area (Å²) in [5.74, 6) is -0.960. The quantitative estimate of drug-likeness (QED) is 0.679. The molecule has 1 N–H and O–H groups in total. The van der Waals surface area contributed by atoms with Crippen LogP contribution in [0.4, 0.5) is 0 Å². The zero-order valence-corrected chi connectivity index (χ0v) is 14.1. The highest BCUT2D eigenvalue weighted by Crippen LogP contribution is 2.37. The van der Waals surface area contributed by atoms with Crippen molar-refractivity contribution in [2.75, 3.05) is 0 Å². The van der Waals surface area contributed by atoms with Gasteiger partial charge in [-0.1, -0.05) is 42.1 Å². The number of hydrogen-bond donors (Lipinski definition) is 1. The Morgan fingerprint density at radius 1 is 1.21 bits per heavy atom. The minimum absolute atomic E-state index is 0.376. The molecule has 0 spiro atoms. The number of rotatable bonds is 5. The molecule has 24 heavy (non-hydrogen) atoms. The monoisotopic (exact) mass is 352 g/mol. The van der Waals surface area contributed by atoms with Gasteiger partial charge in [0.15, 0.2) is 0 Å². The zero-order chi connectivity index (χ0) is 16.9. The van der Waals surface area contributed by atoms with Crippen LogP contribution >= 0.6 is 23.1 Å². The Hall–Kier alpha value is -2.62. The number of aromatic nitrogens is 1. The predicted octanol–water partition coefficient (Wildman–Crippen LogP) is 4.60. The highest BCUT2D eigenvalue weighted by Gasteiger charge is 2.23. The van der Waals surface area contributed by atoms with Gasteiger partial charge in [0, 0.05) is 10.9 Å². The molecule has 0 saturated carbocycles. The molecule has 1 atom stereocenters. The van der Waals surface area contributed by atoms with E-state index >= 15 is 0 Å². The zero-order valence-electron chi connectivity index (χ0n) is 12.4. The lowest BCUT2D eigenvalue weighted by atomic mass is 10.1. The third-order valence-electron chi connectivity index (χ3n) is 3.35. The van der Waals surface area contributed by atoms with Crippen molar-refractivity contribution in [3.63, 3.8) is 0 Å². The van der Waals surface area contributed by atoms with E-state index in [1.807, 2.05) is 22.9 Å². The second-order valence-corrected chi connectivity index (χ2v) is 6.79. The van der Waals surface area contributed by atoms with Crippen LogP contribution in [-0.4, -0.2) is 16.1 Å². The smallest absolute Gasteiger partial charge is 0.321 e. The largest absolute Gasteiger partial charge is 0.480 e. The third-order valence-corrected chi connectivity index (χ3v) is 5.28. The van der Waals surface area contributed by atoms with Gasteiger partial charge >= 0.3 is 5.97 Å². The van der Waals surface area contributed by atoms with E-state index in [1.165, 1.54) is 0 Å². The number of nitriles is 1. The number of pyridine rings is 1. The molecule has 0 amide bonds. The average Bonchev–Trinajstić information content (AvgIpc) is 3.14. The molecular weight excluding hydrogens is 340 g/mol. The van der Waals surface area contributed by atoms with Crippen molar-refractivity contribution in [3.05, 3.63) is 70.4 Å². The molecule has 4 nitrogen and oxygen atoms in total. The Balaban J connectivity index is 1.99. The number of carboxylic acid groups (broad SMARTS) is 1. The Morgan fingerprint density at radius 2 is 2.00 bits per heavy atom. The lowest BCUT2D eigenvalue weighted by Crippen LogP contribution is -2.08. The number of hydrogen-bond acceptors (Lipinski definition) is 5. The van der Waals surface area contributed by atoms with E-state index < -0.39 is 11.2 Å². The summed E-state index contributed by atoms with van der Waals surface area (Å²) in [5, 5.41) is 22.4. The third kappa shape index (κ3) is 3.48. The average molecular weight is 352 g/mol. The number of thioether (sulfide) groups is 1. The van der Waals surface area contributed by atoms with E-state index in [9.17, 15) is 15.2 Å². The highest BCUT2D eigenvalue weighted by atomic mass is 32.2. The normalized spacial score (nSPS) is 11.6. The van der Waals surface area contributed by atoms with Crippen LogP contribution in [0.1, 0.15) is 16.4 Å². The van der Waals surface area contributed by atoms with Crippen molar-refractivity contribution in [1.29, 1.82) is 5.26 Å². The van der Waals surface area contributed by atoms with Crippen molar-refractivity contribution >= 4 is 29.1 Å². The second kappa shape index (κ2) is 7.30. The SMILES string of the molecule is N#Cc1ccc(-c2ccsc2)nc1SC(C(=O)O)c1ccccc1. The van der Waals surface area contributed by atoms with Crippen LogP contribution in [-0.2, 0) is 4.79 Å². The number of carbonyl (C=O) groups is 1. The lowest BCUT2D eigenvalue weighted by molar-refractivity contribution is -0.136. The summed E-state index contributed by atoms with van der Waals surface area (Å²) in [6.07, 6.45) is 0. The minimum atomic E-state index is -0.960. The van der Waals surface area contributed by atoms with Gasteiger partial charge in [-0.25, -0.2) is 4.98 Å². The Bertz CT molecular complexity index is 887. The van der Waals surface area contributed by atoms with Crippen molar-refractivity contribution in [2.45, 2.75) is 10.3 Å². The molecule has 0 bridgehead atoms. The molecule has 2 heterocycles. The summed E-state index contributed by atoms with van der Waals surface area (Å²) in [7, 11) is 0. The van der Waals surface area contributed by atoms with E-state index in [4.69, 9.17) is 0 Å². The van der Waals surface area contributed by atoms with Crippen LogP contribution in [0.5, 0.6) is 0 Å². The molecule has 2 aromatic heterocycles. The molecule has 0 aliphatic carbocycles. The van der Waals surface area contributed by atoms with E-state index in [-0.39, 0.29) is 0 Å². The summed E-state index contributed by atoms with van der Waals surface area (Å²) in [5.41, 5.74) is 2.73. The van der Waals surface area contributed by atoms with Gasteiger partial charge in [0.2, 0.25) is 0 Å². The first kappa shape index (κ1) is 16.2. The van der Waals surface area contributed by atoms with Crippen LogP contribution in [0.15, 0.2) is 64.3 Å². The van der Waals surface area contributed by atoms with Gasteiger partial charge in [0.05, 0.1) is 11.3 Å². The molecule has 3 rings (SSSR count). The highest BCUT2D eigenvalue weighted by molar-refractivity contribution is 8.00. The fraction of sp³-hybridized carbons (Fsp3) is 0.0556. The molecule has 118 valence electrons. The molecule has 1 unspecified atom stereocenters. The van der Waals surface area contributed by atoms with Crippen LogP contribution in [0.3, 0.4) is 0 Å². The van der Waals surface area contributed by atoms with Crippen molar-refractivity contribution < 1.29 is 9.90 Å². The van der Waals surface area contributed by atoms with Crippen molar-refractivity contribution in [1.82, 2.24) is 4.98 Å². The molecule has 6 heteroatoms. The van der Waals surface area contributed by atoms with Gasteiger partial charge in [-0.15, -0.1) is 0 Å². The molecular formula is C18H12N2O2S2. The van der Waals surface area contributed by atoms with Crippen LogP contribution in [0.25, 0.3) is 11.3 Å². The lowest BCUT2D eigenvalue weighted by Gasteiger charge is -2.13. The molecule has 0 fully saturated rings. The van der Waals surface area contributed by atoms with Crippen LogP contribution in [0.2, 0.25) is 0 Å². The first-order valence-electron chi connectivity index (χ1n) is 7.07. The fourth-order valence-electron chi connectivity index (χ4n) is 2.19. The summed E-state index contributed by atoms with van der Waals surface area (Å²) in [4.78, 5) is 16.2. The maximum absolute atomic E-state index is 11.7. The van der Waals surface area contributed by atoms with E-state index in [0.29, 0.717) is 16.2 Å². The molecule has 0 aliphatic heterocycles. The van der Waals surface area contributed by atoms with Crippen molar-refractivity contribution in [3.8, 4) is 17.3 Å². The number of aliphatic carboxylic acids is 1. The summed E-state index contributed by atoms with van der Waals surface area (Å²) >= 11 is 2.64. The summed E-state index contributed by atoms with van der Waals surface area (Å²) in [6, 6.07) is 16.5. The van der Waals surface area contributed by atoms with E-state index in [0.717, 1.165) is 23.0 Å². The molecule has 0 saturated heterocycles. The van der Waals surface area contributed by atoms with Gasteiger partial charge < -0.3 is 5.11 Å². The van der Waals surface area contributed by atoms with E-state index in [1.54, 1.807) is 47.7 Å². The second-order valence-electron chi connectivity index (χ2n) is 4.92. The van der Waals surface area contributed by atoms with Gasteiger partial charge in [-0.05, 0) is 29.1 Å². The molecule has 0 radical (unpaired) electrons. The van der Waals surface area contributed by atoms with Crippen LogP contribution < -0.4 is 0 Å². The first-order valence-corrected chi connectivity index (χ1v) is 8.89. The maximum atomic E-state index is 11.7. The fourth-order valence-corrected chi connectivity index (χ4v) is 3.85. The first-order chi connectivity index (χ1) is 11.7. The Labute approximate surface area is 147 Å². The van der Waals surface area contributed by atoms with Gasteiger partial charge in [-0.3, -0.25) is 4.79 Å². The standard InChI is InChI=1S/C18H12N2O2S2/c19-10-13-6-7-15(14-8-9-23-11-14)20-17(13)24-16(18(21)22)12-4-2-1-3-5-12/h1-9,11,16H,(H,21,22). The summed E-state index contributed by atoms with van der Waals surface area (Å²) in [6.45, 7) is 0. The van der Waals surface area contributed by atoms with Crippen molar-refractivity contribution in [2.24, 2.45) is 0 Å². The Kier molecular flexibility index (Phi) is 4.94.